The second kappa shape index (κ2) is 14.4. The van der Waals surface area contributed by atoms with Gasteiger partial charge in [0.1, 0.15) is 5.82 Å². The topological polar surface area (TPSA) is 209 Å². The van der Waals surface area contributed by atoms with E-state index >= 15 is 0 Å². The molecule has 0 radical (unpaired) electrons. The molecule has 14 heteroatoms. The van der Waals surface area contributed by atoms with Crippen LogP contribution in [0.5, 0.6) is 0 Å². The lowest BCUT2D eigenvalue weighted by molar-refractivity contribution is -0.170. The number of aromatic amines is 1. The molecule has 3 rings (SSSR count). The Hall–Kier alpha value is -4.56. The van der Waals surface area contributed by atoms with Gasteiger partial charge in [0.15, 0.2) is 5.60 Å². The fraction of sp³-hybridized carbons (Fsp3) is 0.393. The van der Waals surface area contributed by atoms with Crippen molar-refractivity contribution in [1.82, 2.24) is 15.2 Å². The van der Waals surface area contributed by atoms with Gasteiger partial charge in [0.05, 0.1) is 24.0 Å². The first-order chi connectivity index (χ1) is 19.6. The zero-order chi connectivity index (χ0) is 31.8. The number of hydrogen-bond acceptors (Lipinski definition) is 7. The van der Waals surface area contributed by atoms with Crippen LogP contribution in [-0.2, 0) is 19.2 Å². The molecule has 2 amide bonds. The van der Waals surface area contributed by atoms with Crippen molar-refractivity contribution in [3.8, 4) is 0 Å². The molecule has 13 nitrogen and oxygen atoms in total. The third-order valence-electron chi connectivity index (χ3n) is 6.65. The Kier molecular flexibility index (Phi) is 11.5. The molecule has 1 aliphatic heterocycles. The van der Waals surface area contributed by atoms with Crippen molar-refractivity contribution >= 4 is 47.1 Å². The Bertz CT molecular complexity index is 1380. The number of amides is 2. The van der Waals surface area contributed by atoms with Crippen molar-refractivity contribution in [2.75, 3.05) is 31.5 Å². The summed E-state index contributed by atoms with van der Waals surface area (Å²) in [7, 11) is 0. The van der Waals surface area contributed by atoms with E-state index in [4.69, 9.17) is 20.4 Å². The van der Waals surface area contributed by atoms with E-state index in [1.807, 2.05) is 13.8 Å². The number of rotatable bonds is 12. The van der Waals surface area contributed by atoms with E-state index in [1.54, 1.807) is 12.1 Å². The number of aliphatic hydroxyl groups is 1. The number of benzene rings is 1. The maximum absolute atomic E-state index is 13.7. The summed E-state index contributed by atoms with van der Waals surface area (Å²) in [6.45, 7) is 11.1. The Balaban J connectivity index is 0.000000401. The van der Waals surface area contributed by atoms with Crippen molar-refractivity contribution in [2.45, 2.75) is 46.1 Å². The molecule has 2 heterocycles. The molecule has 1 aromatic carbocycles. The van der Waals surface area contributed by atoms with Crippen LogP contribution >= 0.6 is 0 Å². The van der Waals surface area contributed by atoms with Gasteiger partial charge in [-0.3, -0.25) is 19.2 Å². The first kappa shape index (κ1) is 33.6. The first-order valence-corrected chi connectivity index (χ1v) is 13.1. The van der Waals surface area contributed by atoms with Gasteiger partial charge < -0.3 is 40.9 Å². The Morgan fingerprint density at radius 2 is 1.64 bits per heavy atom. The van der Waals surface area contributed by atoms with Crippen molar-refractivity contribution in [3.05, 3.63) is 52.1 Å². The standard InChI is InChI=1S/C22H27FN4O2.C6H8O7/c1-5-27(6-2)10-9-24-22(29)20-13(3)19(25-14(20)4)12-17-16-11-15(23)7-8-18(16)26-21(17)28;7-3(8)1-6(13,5(11)12)2-4(9)10/h7-8,11-12,25H,5-6,9-10H2,1-4H3,(H,24,29)(H,26,28);13H,1-2H2,(H,7,8)(H,9,10)(H,11,12). The minimum Gasteiger partial charge on any atom is -0.481 e. The van der Waals surface area contributed by atoms with Gasteiger partial charge in [-0.2, -0.15) is 0 Å². The number of carboxylic acid groups (broad SMARTS) is 3. The van der Waals surface area contributed by atoms with Crippen LogP contribution in [0.15, 0.2) is 18.2 Å². The Morgan fingerprint density at radius 1 is 1.05 bits per heavy atom. The molecule has 0 saturated heterocycles. The normalized spacial score (nSPS) is 13.3. The van der Waals surface area contributed by atoms with Gasteiger partial charge in [-0.25, -0.2) is 9.18 Å². The molecule has 0 bridgehead atoms. The predicted octanol–water partition coefficient (Wildman–Crippen LogP) is 2.09. The van der Waals surface area contributed by atoms with Gasteiger partial charge in [0.25, 0.3) is 11.8 Å². The minimum atomic E-state index is -2.74. The lowest BCUT2D eigenvalue weighted by Gasteiger charge is -2.18. The summed E-state index contributed by atoms with van der Waals surface area (Å²) < 4.78 is 13.7. The molecule has 0 aliphatic carbocycles. The van der Waals surface area contributed by atoms with Crippen LogP contribution in [0.25, 0.3) is 11.6 Å². The number of aryl methyl sites for hydroxylation is 1. The molecular formula is C28H35FN4O9. The average molecular weight is 591 g/mol. The zero-order valence-electron chi connectivity index (χ0n) is 23.7. The van der Waals surface area contributed by atoms with Crippen molar-refractivity contribution < 1.29 is 48.8 Å². The second-order valence-electron chi connectivity index (χ2n) is 9.63. The fourth-order valence-electron chi connectivity index (χ4n) is 4.38. The lowest BCUT2D eigenvalue weighted by Crippen LogP contribution is -2.42. The van der Waals surface area contributed by atoms with Crippen LogP contribution < -0.4 is 10.6 Å². The van der Waals surface area contributed by atoms with E-state index in [9.17, 15) is 28.4 Å². The SMILES string of the molecule is CCN(CC)CCNC(=O)c1c(C)[nH]c(C=C2C(=O)Nc3ccc(F)cc32)c1C.O=C(O)CC(O)(CC(=O)O)C(=O)O. The number of anilines is 1. The highest BCUT2D eigenvalue weighted by molar-refractivity contribution is 6.34. The van der Waals surface area contributed by atoms with Gasteiger partial charge >= 0.3 is 17.9 Å². The number of fused-ring (bicyclic) bond motifs is 1. The van der Waals surface area contributed by atoms with E-state index in [1.165, 1.54) is 12.1 Å². The van der Waals surface area contributed by atoms with E-state index in [0.29, 0.717) is 34.6 Å². The molecule has 228 valence electrons. The molecule has 0 atom stereocenters. The van der Waals surface area contributed by atoms with E-state index in [2.05, 4.69) is 34.4 Å². The molecule has 0 unspecified atom stereocenters. The van der Waals surface area contributed by atoms with Crippen LogP contribution in [0.1, 0.15) is 59.6 Å². The summed E-state index contributed by atoms with van der Waals surface area (Å²) >= 11 is 0. The highest BCUT2D eigenvalue weighted by Crippen LogP contribution is 2.34. The maximum Gasteiger partial charge on any atom is 0.336 e. The van der Waals surface area contributed by atoms with Gasteiger partial charge in [-0.1, -0.05) is 13.8 Å². The Morgan fingerprint density at radius 3 is 2.17 bits per heavy atom. The highest BCUT2D eigenvalue weighted by atomic mass is 19.1. The van der Waals surface area contributed by atoms with Gasteiger partial charge in [-0.15, -0.1) is 0 Å². The second-order valence-corrected chi connectivity index (χ2v) is 9.63. The van der Waals surface area contributed by atoms with Crippen molar-refractivity contribution in [3.63, 3.8) is 0 Å². The largest absolute Gasteiger partial charge is 0.481 e. The van der Waals surface area contributed by atoms with E-state index in [-0.39, 0.29) is 11.8 Å². The molecule has 42 heavy (non-hydrogen) atoms. The van der Waals surface area contributed by atoms with Gasteiger partial charge in [0, 0.05) is 35.7 Å². The smallest absolute Gasteiger partial charge is 0.336 e. The minimum absolute atomic E-state index is 0.143. The number of likely N-dealkylation sites (N-methyl/N-ethyl adjacent to an activating group) is 1. The lowest BCUT2D eigenvalue weighted by atomic mass is 9.96. The van der Waals surface area contributed by atoms with Crippen molar-refractivity contribution in [2.24, 2.45) is 0 Å². The molecular weight excluding hydrogens is 555 g/mol. The van der Waals surface area contributed by atoms with Crippen LogP contribution in [-0.4, -0.2) is 91.8 Å². The van der Waals surface area contributed by atoms with E-state index < -0.39 is 42.2 Å². The van der Waals surface area contributed by atoms with Crippen LogP contribution in [0.3, 0.4) is 0 Å². The maximum atomic E-state index is 13.7. The van der Waals surface area contributed by atoms with Crippen LogP contribution in [0, 0.1) is 19.7 Å². The number of nitrogens with one attached hydrogen (secondary N) is 3. The number of carbonyl (C=O) groups is 5. The molecule has 0 spiro atoms. The fourth-order valence-corrected chi connectivity index (χ4v) is 4.38. The van der Waals surface area contributed by atoms with E-state index in [0.717, 1.165) is 30.9 Å². The highest BCUT2D eigenvalue weighted by Gasteiger charge is 2.40. The monoisotopic (exact) mass is 590 g/mol. The van der Waals surface area contributed by atoms with Crippen LogP contribution in [0.2, 0.25) is 0 Å². The summed E-state index contributed by atoms with van der Waals surface area (Å²) in [4.78, 5) is 61.0. The summed E-state index contributed by atoms with van der Waals surface area (Å²) in [5.41, 5.74) is 1.47. The molecule has 0 saturated carbocycles. The number of aliphatic carboxylic acids is 3. The van der Waals surface area contributed by atoms with Gasteiger partial charge in [0.2, 0.25) is 0 Å². The molecule has 1 aromatic heterocycles. The third-order valence-corrected chi connectivity index (χ3v) is 6.65. The Labute approximate surface area is 241 Å². The summed E-state index contributed by atoms with van der Waals surface area (Å²) in [6, 6.07) is 4.20. The molecule has 0 fully saturated rings. The molecule has 2 aromatic rings. The molecule has 1 aliphatic rings. The summed E-state index contributed by atoms with van der Waals surface area (Å²) in [5.74, 6) is -5.86. The predicted molar refractivity (Wildman–Crippen MR) is 150 cm³/mol. The van der Waals surface area contributed by atoms with Crippen molar-refractivity contribution in [1.29, 1.82) is 0 Å². The average Bonchev–Trinajstić information content (AvgIpc) is 3.35. The van der Waals surface area contributed by atoms with Gasteiger partial charge in [-0.05, 0) is 56.8 Å². The number of nitrogens with zero attached hydrogens (tertiary/aromatic N) is 1. The third kappa shape index (κ3) is 8.47. The number of carboxylic acids is 3. The summed E-state index contributed by atoms with van der Waals surface area (Å²) in [5, 5.41) is 39.5. The first-order valence-electron chi connectivity index (χ1n) is 13.1. The quantitative estimate of drug-likeness (QED) is 0.179. The number of carbonyl (C=O) groups excluding carboxylic acids is 2. The number of halogens is 1. The summed E-state index contributed by atoms with van der Waals surface area (Å²) in [6.07, 6.45) is -0.612. The number of hydrogen-bond donors (Lipinski definition) is 7. The van der Waals surface area contributed by atoms with Crippen LogP contribution in [0.4, 0.5) is 10.1 Å². The molecule has 7 N–H and O–H groups in total. The number of H-pyrrole nitrogens is 1. The zero-order valence-corrected chi connectivity index (χ0v) is 23.7. The number of aromatic nitrogens is 1.